The van der Waals surface area contributed by atoms with Crippen molar-refractivity contribution >= 4 is 22.0 Å². The Morgan fingerprint density at radius 3 is 2.14 bits per heavy atom. The first-order valence-corrected chi connectivity index (χ1v) is 10.3. The molecule has 11 heteroatoms. The number of urea groups is 1. The van der Waals surface area contributed by atoms with Gasteiger partial charge in [-0.15, -0.1) is 0 Å². The summed E-state index contributed by atoms with van der Waals surface area (Å²) in [6.45, 7) is 3.60. The molecule has 1 aromatic carbocycles. The molecular weight excluding hydrogens is 394 g/mol. The van der Waals surface area contributed by atoms with Gasteiger partial charge in [0.15, 0.2) is 4.90 Å². The van der Waals surface area contributed by atoms with Gasteiger partial charge in [0, 0.05) is 26.2 Å². The third-order valence-electron chi connectivity index (χ3n) is 4.39. The number of piperazine rings is 1. The van der Waals surface area contributed by atoms with E-state index in [-0.39, 0.29) is 38.0 Å². The lowest BCUT2D eigenvalue weighted by Crippen LogP contribution is -2.56. The van der Waals surface area contributed by atoms with Crippen LogP contribution in [-0.4, -0.2) is 61.8 Å². The Morgan fingerprint density at radius 1 is 1.14 bits per heavy atom. The highest BCUT2D eigenvalue weighted by Gasteiger charge is 2.35. The zero-order chi connectivity index (χ0) is 21.1. The van der Waals surface area contributed by atoms with Gasteiger partial charge in [0.25, 0.3) is 0 Å². The van der Waals surface area contributed by atoms with E-state index >= 15 is 0 Å². The molecule has 2 rings (SSSR count). The van der Waals surface area contributed by atoms with E-state index in [1.165, 1.54) is 4.90 Å². The fraction of sp³-hybridized carbons (Fsp3) is 0.529. The summed E-state index contributed by atoms with van der Waals surface area (Å²) in [6, 6.07) is 1.20. The molecule has 8 nitrogen and oxygen atoms in total. The number of nitrogens with one attached hydrogen (secondary N) is 1. The van der Waals surface area contributed by atoms with Crippen LogP contribution in [0.15, 0.2) is 23.1 Å². The van der Waals surface area contributed by atoms with Crippen LogP contribution in [0.5, 0.6) is 0 Å². The molecule has 156 valence electrons. The maximum atomic E-state index is 13.9. The Hall–Kier alpha value is -2.27. The number of hydrogen-bond donors (Lipinski definition) is 2. The van der Waals surface area contributed by atoms with Crippen LogP contribution in [0.2, 0.25) is 0 Å². The van der Waals surface area contributed by atoms with Gasteiger partial charge < -0.3 is 16.0 Å². The van der Waals surface area contributed by atoms with Gasteiger partial charge in [0.1, 0.15) is 17.7 Å². The fourth-order valence-corrected chi connectivity index (χ4v) is 4.62. The first-order valence-electron chi connectivity index (χ1n) is 8.83. The second-order valence-electron chi connectivity index (χ2n) is 6.97. The lowest BCUT2D eigenvalue weighted by molar-refractivity contribution is -0.134. The Labute approximate surface area is 162 Å². The van der Waals surface area contributed by atoms with Crippen molar-refractivity contribution in [3.05, 3.63) is 29.8 Å². The summed E-state index contributed by atoms with van der Waals surface area (Å²) in [4.78, 5) is 24.2. The molecular formula is C17H24F2N4O4S. The number of sulfonamides is 1. The number of amides is 3. The average Bonchev–Trinajstić information content (AvgIpc) is 2.59. The number of carbonyl (C=O) groups excluding carboxylic acids is 2. The number of nitrogens with zero attached hydrogens (tertiary/aromatic N) is 2. The summed E-state index contributed by atoms with van der Waals surface area (Å²) in [6.07, 6.45) is 0.376. The third kappa shape index (κ3) is 4.96. The summed E-state index contributed by atoms with van der Waals surface area (Å²) in [5, 5.41) is 2.41. The molecule has 0 aliphatic carbocycles. The lowest BCUT2D eigenvalue weighted by Gasteiger charge is -2.36. The van der Waals surface area contributed by atoms with Crippen molar-refractivity contribution in [3.8, 4) is 0 Å². The van der Waals surface area contributed by atoms with Crippen molar-refractivity contribution < 1.29 is 26.8 Å². The van der Waals surface area contributed by atoms with E-state index in [1.807, 2.05) is 13.8 Å². The largest absolute Gasteiger partial charge is 0.352 e. The Morgan fingerprint density at radius 2 is 1.68 bits per heavy atom. The SMILES string of the molecule is CC(C)C[C@@H](NC(N)=O)C(=O)N1CCN(S(=O)(=O)c2c(F)cccc2F)CC1. The predicted molar refractivity (Wildman–Crippen MR) is 97.7 cm³/mol. The zero-order valence-corrected chi connectivity index (χ0v) is 16.5. The monoisotopic (exact) mass is 418 g/mol. The molecule has 3 amide bonds. The van der Waals surface area contributed by atoms with Crippen LogP contribution in [0.1, 0.15) is 20.3 Å². The van der Waals surface area contributed by atoms with Crippen molar-refractivity contribution in [1.82, 2.24) is 14.5 Å². The second-order valence-corrected chi connectivity index (χ2v) is 8.85. The minimum Gasteiger partial charge on any atom is -0.352 e. The highest BCUT2D eigenvalue weighted by molar-refractivity contribution is 7.89. The second kappa shape index (κ2) is 8.82. The van der Waals surface area contributed by atoms with Gasteiger partial charge in [-0.1, -0.05) is 19.9 Å². The summed E-state index contributed by atoms with van der Waals surface area (Å²) in [5.74, 6) is -2.59. The maximum Gasteiger partial charge on any atom is 0.312 e. The van der Waals surface area contributed by atoms with Crippen LogP contribution < -0.4 is 11.1 Å². The quantitative estimate of drug-likeness (QED) is 0.714. The summed E-state index contributed by atoms with van der Waals surface area (Å²) >= 11 is 0. The molecule has 1 aliphatic heterocycles. The van der Waals surface area contributed by atoms with Crippen LogP contribution in [0.3, 0.4) is 0 Å². The van der Waals surface area contributed by atoms with E-state index in [2.05, 4.69) is 5.32 Å². The fourth-order valence-electron chi connectivity index (χ4n) is 3.09. The molecule has 1 saturated heterocycles. The first-order chi connectivity index (χ1) is 13.0. The maximum absolute atomic E-state index is 13.9. The topological polar surface area (TPSA) is 113 Å². The van der Waals surface area contributed by atoms with E-state index in [0.29, 0.717) is 6.42 Å². The van der Waals surface area contributed by atoms with Crippen molar-refractivity contribution in [2.45, 2.75) is 31.2 Å². The van der Waals surface area contributed by atoms with E-state index < -0.39 is 38.6 Å². The van der Waals surface area contributed by atoms with Crippen LogP contribution in [0.25, 0.3) is 0 Å². The zero-order valence-electron chi connectivity index (χ0n) is 15.7. The number of nitrogens with two attached hydrogens (primary N) is 1. The number of halogens is 2. The number of benzene rings is 1. The molecule has 28 heavy (non-hydrogen) atoms. The molecule has 3 N–H and O–H groups in total. The van der Waals surface area contributed by atoms with Crippen molar-refractivity contribution in [3.63, 3.8) is 0 Å². The Kier molecular flexibility index (Phi) is 6.94. The molecule has 1 aliphatic rings. The average molecular weight is 418 g/mol. The normalized spacial score (nSPS) is 16.8. The van der Waals surface area contributed by atoms with Gasteiger partial charge in [-0.2, -0.15) is 4.31 Å². The molecule has 1 aromatic rings. The standard InChI is InChI=1S/C17H24F2N4O4S/c1-11(2)10-14(21-17(20)25)16(24)22-6-8-23(9-7-22)28(26,27)15-12(18)4-3-5-13(15)19/h3-5,11,14H,6-10H2,1-2H3,(H3,20,21,25)/t14-/m1/s1. The van der Waals surface area contributed by atoms with Gasteiger partial charge in [-0.3, -0.25) is 4.79 Å². The molecule has 0 unspecified atom stereocenters. The summed E-state index contributed by atoms with van der Waals surface area (Å²) in [7, 11) is -4.38. The van der Waals surface area contributed by atoms with Crippen LogP contribution >= 0.6 is 0 Å². The molecule has 0 bridgehead atoms. The Balaban J connectivity index is 2.11. The van der Waals surface area contributed by atoms with Gasteiger partial charge in [-0.05, 0) is 24.5 Å². The summed E-state index contributed by atoms with van der Waals surface area (Å²) in [5.41, 5.74) is 5.13. The molecule has 1 heterocycles. The van der Waals surface area contributed by atoms with E-state index in [1.54, 1.807) is 0 Å². The van der Waals surface area contributed by atoms with Gasteiger partial charge in [-0.25, -0.2) is 22.0 Å². The van der Waals surface area contributed by atoms with Crippen molar-refractivity contribution in [2.24, 2.45) is 11.7 Å². The van der Waals surface area contributed by atoms with Gasteiger partial charge in [0.05, 0.1) is 0 Å². The molecule has 1 fully saturated rings. The minimum atomic E-state index is -4.38. The smallest absolute Gasteiger partial charge is 0.312 e. The van der Waals surface area contributed by atoms with E-state index in [9.17, 15) is 26.8 Å². The van der Waals surface area contributed by atoms with Crippen LogP contribution in [0, 0.1) is 17.6 Å². The number of hydrogen-bond acceptors (Lipinski definition) is 4. The molecule has 0 spiro atoms. The summed E-state index contributed by atoms with van der Waals surface area (Å²) < 4.78 is 53.9. The lowest BCUT2D eigenvalue weighted by atomic mass is 10.0. The molecule has 0 radical (unpaired) electrons. The third-order valence-corrected chi connectivity index (χ3v) is 6.34. The molecule has 0 saturated carbocycles. The number of rotatable bonds is 6. The van der Waals surface area contributed by atoms with Crippen molar-refractivity contribution in [1.29, 1.82) is 0 Å². The minimum absolute atomic E-state index is 0.0309. The Bertz CT molecular complexity index is 819. The van der Waals surface area contributed by atoms with Gasteiger partial charge in [0.2, 0.25) is 15.9 Å². The first kappa shape index (κ1) is 22.0. The van der Waals surface area contributed by atoms with E-state index in [4.69, 9.17) is 5.73 Å². The predicted octanol–water partition coefficient (Wildman–Crippen LogP) is 0.881. The highest BCUT2D eigenvalue weighted by atomic mass is 32.2. The number of carbonyl (C=O) groups is 2. The van der Waals surface area contributed by atoms with Crippen molar-refractivity contribution in [2.75, 3.05) is 26.2 Å². The van der Waals surface area contributed by atoms with Gasteiger partial charge >= 0.3 is 6.03 Å². The number of primary amides is 1. The highest BCUT2D eigenvalue weighted by Crippen LogP contribution is 2.23. The van der Waals surface area contributed by atoms with Crippen LogP contribution in [-0.2, 0) is 14.8 Å². The molecule has 1 atom stereocenters. The van der Waals surface area contributed by atoms with Crippen LogP contribution in [0.4, 0.5) is 13.6 Å². The molecule has 0 aromatic heterocycles. The van der Waals surface area contributed by atoms with E-state index in [0.717, 1.165) is 22.5 Å².